The number of halogens is 1. The molecule has 27 heavy (non-hydrogen) atoms. The smallest absolute Gasteiger partial charge is 0.276 e. The second kappa shape index (κ2) is 8.83. The zero-order valence-electron chi connectivity index (χ0n) is 15.2. The Morgan fingerprint density at radius 3 is 2.74 bits per heavy atom. The third-order valence-electron chi connectivity index (χ3n) is 3.72. The summed E-state index contributed by atoms with van der Waals surface area (Å²) in [5.74, 6) is 0.439. The van der Waals surface area contributed by atoms with Crippen LogP contribution in [-0.4, -0.2) is 51.0 Å². The van der Waals surface area contributed by atoms with Crippen LogP contribution < -0.4 is 10.1 Å². The fourth-order valence-electron chi connectivity index (χ4n) is 2.27. The van der Waals surface area contributed by atoms with Gasteiger partial charge in [-0.1, -0.05) is 15.9 Å². The van der Waals surface area contributed by atoms with E-state index in [4.69, 9.17) is 4.74 Å². The van der Waals surface area contributed by atoms with Crippen molar-refractivity contribution in [2.75, 3.05) is 26.0 Å². The summed E-state index contributed by atoms with van der Waals surface area (Å²) in [6, 6.07) is 9.16. The van der Waals surface area contributed by atoms with E-state index in [0.717, 1.165) is 23.3 Å². The lowest BCUT2D eigenvalue weighted by molar-refractivity contribution is 0.102. The molecule has 0 aliphatic heterocycles. The van der Waals surface area contributed by atoms with Crippen molar-refractivity contribution in [1.82, 2.24) is 24.5 Å². The lowest BCUT2D eigenvalue weighted by Crippen LogP contribution is -2.18. The van der Waals surface area contributed by atoms with E-state index < -0.39 is 0 Å². The van der Waals surface area contributed by atoms with Gasteiger partial charge in [0.2, 0.25) is 0 Å². The third-order valence-corrected chi connectivity index (χ3v) is 4.25. The van der Waals surface area contributed by atoms with Crippen molar-refractivity contribution in [3.8, 4) is 5.75 Å². The highest BCUT2D eigenvalue weighted by molar-refractivity contribution is 9.10. The van der Waals surface area contributed by atoms with Crippen LogP contribution >= 0.6 is 15.9 Å². The average Bonchev–Trinajstić information content (AvgIpc) is 3.29. The standard InChI is InChI=1S/C18H21BrN6O2/c1-23(2)9-10-24-12-15(11-20-24)21-18(26)17-7-8-25(22-17)13-27-16-5-3-14(19)4-6-16/h3-8,11-12H,9-10,13H2,1-2H3,(H,21,26). The maximum atomic E-state index is 12.3. The summed E-state index contributed by atoms with van der Waals surface area (Å²) in [4.78, 5) is 14.4. The van der Waals surface area contributed by atoms with Crippen LogP contribution in [0, 0.1) is 0 Å². The summed E-state index contributed by atoms with van der Waals surface area (Å²) in [6.45, 7) is 1.85. The zero-order chi connectivity index (χ0) is 19.2. The minimum absolute atomic E-state index is 0.220. The number of carbonyl (C=O) groups excluding carboxylic acids is 1. The minimum Gasteiger partial charge on any atom is -0.471 e. The topological polar surface area (TPSA) is 77.2 Å². The number of hydrogen-bond acceptors (Lipinski definition) is 5. The van der Waals surface area contributed by atoms with Gasteiger partial charge in [0.25, 0.3) is 5.91 Å². The number of benzene rings is 1. The number of nitrogens with one attached hydrogen (secondary N) is 1. The Morgan fingerprint density at radius 2 is 2.00 bits per heavy atom. The monoisotopic (exact) mass is 432 g/mol. The Labute approximate surface area is 165 Å². The molecule has 9 heteroatoms. The van der Waals surface area contributed by atoms with Crippen molar-refractivity contribution in [3.05, 3.63) is 59.1 Å². The van der Waals surface area contributed by atoms with Crippen LogP contribution in [0.1, 0.15) is 10.5 Å². The first-order valence-corrected chi connectivity index (χ1v) is 9.19. The number of rotatable bonds is 8. The third kappa shape index (κ3) is 5.66. The number of nitrogens with zero attached hydrogens (tertiary/aromatic N) is 5. The lowest BCUT2D eigenvalue weighted by atomic mass is 10.3. The maximum Gasteiger partial charge on any atom is 0.276 e. The Hall–Kier alpha value is -2.65. The van der Waals surface area contributed by atoms with Crippen molar-refractivity contribution >= 4 is 27.5 Å². The van der Waals surface area contributed by atoms with Gasteiger partial charge in [0.05, 0.1) is 18.4 Å². The molecule has 0 aliphatic carbocycles. The first-order valence-electron chi connectivity index (χ1n) is 8.40. The van der Waals surface area contributed by atoms with E-state index in [1.807, 2.05) is 38.4 Å². The molecule has 1 N–H and O–H groups in total. The molecule has 3 rings (SSSR count). The van der Waals surface area contributed by atoms with E-state index in [2.05, 4.69) is 36.3 Å². The van der Waals surface area contributed by atoms with E-state index in [-0.39, 0.29) is 12.6 Å². The van der Waals surface area contributed by atoms with E-state index in [1.54, 1.807) is 34.0 Å². The molecule has 0 fully saturated rings. The molecule has 0 atom stereocenters. The minimum atomic E-state index is -0.287. The largest absolute Gasteiger partial charge is 0.471 e. The number of likely N-dealkylation sites (N-methyl/N-ethyl adjacent to an activating group) is 1. The molecule has 3 aromatic rings. The summed E-state index contributed by atoms with van der Waals surface area (Å²) >= 11 is 3.38. The summed E-state index contributed by atoms with van der Waals surface area (Å²) in [7, 11) is 4.01. The van der Waals surface area contributed by atoms with Crippen molar-refractivity contribution < 1.29 is 9.53 Å². The highest BCUT2D eigenvalue weighted by Crippen LogP contribution is 2.16. The molecule has 0 radical (unpaired) electrons. The SMILES string of the molecule is CN(C)CCn1cc(NC(=O)c2ccn(COc3ccc(Br)cc3)n2)cn1. The lowest BCUT2D eigenvalue weighted by Gasteiger charge is -2.08. The first kappa shape index (κ1) is 19.1. The molecule has 0 unspecified atom stereocenters. The molecule has 0 spiro atoms. The predicted octanol–water partition coefficient (Wildman–Crippen LogP) is 2.69. The fourth-order valence-corrected chi connectivity index (χ4v) is 2.54. The maximum absolute atomic E-state index is 12.3. The number of ether oxygens (including phenoxy) is 1. The molecular formula is C18H21BrN6O2. The van der Waals surface area contributed by atoms with Crippen LogP contribution in [0.4, 0.5) is 5.69 Å². The highest BCUT2D eigenvalue weighted by Gasteiger charge is 2.11. The Morgan fingerprint density at radius 1 is 1.22 bits per heavy atom. The normalized spacial score (nSPS) is 11.0. The van der Waals surface area contributed by atoms with Gasteiger partial charge in [-0.05, 0) is 44.4 Å². The predicted molar refractivity (Wildman–Crippen MR) is 106 cm³/mol. The van der Waals surface area contributed by atoms with Gasteiger partial charge >= 0.3 is 0 Å². The molecule has 0 saturated heterocycles. The number of hydrogen-bond donors (Lipinski definition) is 1. The van der Waals surface area contributed by atoms with E-state index >= 15 is 0 Å². The molecule has 8 nitrogen and oxygen atoms in total. The first-order chi connectivity index (χ1) is 13.0. The zero-order valence-corrected chi connectivity index (χ0v) is 16.8. The van der Waals surface area contributed by atoms with Gasteiger partial charge in [-0.3, -0.25) is 9.48 Å². The molecule has 2 aromatic heterocycles. The van der Waals surface area contributed by atoms with Gasteiger partial charge in [-0.15, -0.1) is 0 Å². The highest BCUT2D eigenvalue weighted by atomic mass is 79.9. The number of carbonyl (C=O) groups is 1. The van der Waals surface area contributed by atoms with Crippen LogP contribution in [0.3, 0.4) is 0 Å². The average molecular weight is 433 g/mol. The molecule has 142 valence electrons. The summed E-state index contributed by atoms with van der Waals surface area (Å²) in [5.41, 5.74) is 0.954. The van der Waals surface area contributed by atoms with Crippen molar-refractivity contribution in [2.24, 2.45) is 0 Å². The van der Waals surface area contributed by atoms with Crippen LogP contribution in [-0.2, 0) is 13.3 Å². The van der Waals surface area contributed by atoms with Gasteiger partial charge < -0.3 is 15.0 Å². The summed E-state index contributed by atoms with van der Waals surface area (Å²) in [6.07, 6.45) is 5.13. The summed E-state index contributed by atoms with van der Waals surface area (Å²) in [5, 5.41) is 11.3. The van der Waals surface area contributed by atoms with Gasteiger partial charge in [0.1, 0.15) is 5.75 Å². The van der Waals surface area contributed by atoms with Crippen molar-refractivity contribution in [3.63, 3.8) is 0 Å². The second-order valence-corrected chi connectivity index (χ2v) is 7.13. The Balaban J connectivity index is 1.53. The van der Waals surface area contributed by atoms with Crippen LogP contribution in [0.2, 0.25) is 0 Å². The van der Waals surface area contributed by atoms with Gasteiger partial charge in [0.15, 0.2) is 12.4 Å². The van der Waals surface area contributed by atoms with E-state index in [0.29, 0.717) is 11.4 Å². The number of anilines is 1. The van der Waals surface area contributed by atoms with Crippen LogP contribution in [0.15, 0.2) is 53.4 Å². The quantitative estimate of drug-likeness (QED) is 0.591. The molecule has 2 heterocycles. The van der Waals surface area contributed by atoms with Gasteiger partial charge in [-0.25, -0.2) is 4.68 Å². The van der Waals surface area contributed by atoms with E-state index in [9.17, 15) is 4.79 Å². The second-order valence-electron chi connectivity index (χ2n) is 6.22. The van der Waals surface area contributed by atoms with Gasteiger partial charge in [-0.2, -0.15) is 10.2 Å². The number of aromatic nitrogens is 4. The van der Waals surface area contributed by atoms with Crippen molar-refractivity contribution in [1.29, 1.82) is 0 Å². The number of amides is 1. The molecular weight excluding hydrogens is 412 g/mol. The molecule has 0 aliphatic rings. The molecule has 1 aromatic carbocycles. The van der Waals surface area contributed by atoms with Crippen LogP contribution in [0.5, 0.6) is 5.75 Å². The molecule has 0 bridgehead atoms. The van der Waals surface area contributed by atoms with Crippen molar-refractivity contribution in [2.45, 2.75) is 13.3 Å². The Bertz CT molecular complexity index is 887. The Kier molecular flexibility index (Phi) is 6.25. The summed E-state index contributed by atoms with van der Waals surface area (Å²) < 4.78 is 9.98. The molecule has 1 amide bonds. The van der Waals surface area contributed by atoms with E-state index in [1.165, 1.54) is 0 Å². The van der Waals surface area contributed by atoms with Crippen LogP contribution in [0.25, 0.3) is 0 Å². The van der Waals surface area contributed by atoms with Gasteiger partial charge in [0, 0.05) is 23.4 Å². The fraction of sp³-hybridized carbons (Fsp3) is 0.278. The molecule has 0 saturated carbocycles.